The van der Waals surface area contributed by atoms with Crippen molar-refractivity contribution in [2.45, 2.75) is 6.61 Å². The number of nitrogens with one attached hydrogen (secondary N) is 1. The smallest absolute Gasteiger partial charge is 0.271 e. The van der Waals surface area contributed by atoms with E-state index in [4.69, 9.17) is 32.7 Å². The molecule has 0 unspecified atom stereocenters. The molecule has 0 aromatic heterocycles. The lowest BCUT2D eigenvalue weighted by Crippen LogP contribution is -2.17. The Labute approximate surface area is 192 Å². The van der Waals surface area contributed by atoms with Crippen molar-refractivity contribution in [1.29, 1.82) is 0 Å². The first-order valence-corrected chi connectivity index (χ1v) is 10.4. The number of ether oxygens (including phenoxy) is 2. The highest BCUT2D eigenvalue weighted by molar-refractivity contribution is 9.10. The summed E-state index contributed by atoms with van der Waals surface area (Å²) < 4.78 is 12.4. The molecule has 0 bridgehead atoms. The number of benzene rings is 3. The number of rotatable bonds is 7. The van der Waals surface area contributed by atoms with E-state index in [1.807, 2.05) is 36.4 Å². The molecule has 0 aliphatic rings. The fourth-order valence-electron chi connectivity index (χ4n) is 2.55. The molecule has 0 saturated heterocycles. The van der Waals surface area contributed by atoms with Crippen molar-refractivity contribution in [3.05, 3.63) is 91.9 Å². The lowest BCUT2D eigenvalue weighted by Gasteiger charge is -2.13. The number of hydrogen-bond acceptors (Lipinski definition) is 4. The molecule has 0 atom stereocenters. The summed E-state index contributed by atoms with van der Waals surface area (Å²) in [4.78, 5) is 12.3. The van der Waals surface area contributed by atoms with E-state index in [-0.39, 0.29) is 0 Å². The molecule has 3 aromatic rings. The molecule has 0 aliphatic heterocycles. The molecule has 0 radical (unpaired) electrons. The highest BCUT2D eigenvalue weighted by atomic mass is 79.9. The summed E-state index contributed by atoms with van der Waals surface area (Å²) in [6, 6.07) is 17.8. The van der Waals surface area contributed by atoms with Crippen molar-refractivity contribution in [1.82, 2.24) is 5.43 Å². The Kier molecular flexibility index (Phi) is 7.74. The van der Waals surface area contributed by atoms with Gasteiger partial charge in [0.2, 0.25) is 0 Å². The number of nitrogens with zero attached hydrogens (tertiary/aromatic N) is 1. The maximum atomic E-state index is 12.3. The number of para-hydroxylation sites is 1. The standard InChI is InChI=1S/C22H17BrCl2N2O3/c1-29-20-4-2-3-16(21(20)30-13-14-5-8-17(23)9-6-14)12-26-27-22(28)15-7-10-18(24)19(25)11-15/h2-12H,13H2,1H3,(H,27,28)/b26-12-. The molecule has 154 valence electrons. The molecule has 0 spiro atoms. The predicted octanol–water partition coefficient (Wildman–Crippen LogP) is 6.11. The van der Waals surface area contributed by atoms with Gasteiger partial charge < -0.3 is 9.47 Å². The predicted molar refractivity (Wildman–Crippen MR) is 123 cm³/mol. The van der Waals surface area contributed by atoms with Crippen molar-refractivity contribution in [2.24, 2.45) is 5.10 Å². The summed E-state index contributed by atoms with van der Waals surface area (Å²) in [5.41, 5.74) is 4.47. The first kappa shape index (κ1) is 22.2. The number of carbonyl (C=O) groups is 1. The third kappa shape index (κ3) is 5.75. The van der Waals surface area contributed by atoms with Gasteiger partial charge in [0, 0.05) is 15.6 Å². The van der Waals surface area contributed by atoms with Crippen LogP contribution in [0.4, 0.5) is 0 Å². The Morgan fingerprint density at radius 3 is 2.57 bits per heavy atom. The summed E-state index contributed by atoms with van der Waals surface area (Å²) in [5.74, 6) is 0.673. The second kappa shape index (κ2) is 10.5. The van der Waals surface area contributed by atoms with Crippen molar-refractivity contribution < 1.29 is 14.3 Å². The van der Waals surface area contributed by atoms with Crippen LogP contribution in [0.3, 0.4) is 0 Å². The second-order valence-corrected chi connectivity index (χ2v) is 7.85. The summed E-state index contributed by atoms with van der Waals surface area (Å²) in [6.45, 7) is 0.351. The Bertz CT molecular complexity index is 1070. The summed E-state index contributed by atoms with van der Waals surface area (Å²) in [5, 5.41) is 4.70. The van der Waals surface area contributed by atoms with E-state index in [2.05, 4.69) is 26.5 Å². The van der Waals surface area contributed by atoms with E-state index in [1.165, 1.54) is 12.3 Å². The fraction of sp³-hybridized carbons (Fsp3) is 0.0909. The van der Waals surface area contributed by atoms with Crippen LogP contribution in [0.2, 0.25) is 10.0 Å². The molecule has 8 heteroatoms. The van der Waals surface area contributed by atoms with Crippen molar-refractivity contribution in [3.63, 3.8) is 0 Å². The van der Waals surface area contributed by atoms with E-state index < -0.39 is 5.91 Å². The molecule has 0 aliphatic carbocycles. The van der Waals surface area contributed by atoms with Crippen LogP contribution in [-0.2, 0) is 6.61 Å². The molecular weight excluding hydrogens is 491 g/mol. The van der Waals surface area contributed by atoms with Gasteiger partial charge in [-0.25, -0.2) is 5.43 Å². The van der Waals surface area contributed by atoms with Gasteiger partial charge >= 0.3 is 0 Å². The SMILES string of the molecule is COc1cccc(/C=N\NC(=O)c2ccc(Cl)c(Cl)c2)c1OCc1ccc(Br)cc1. The van der Waals surface area contributed by atoms with Gasteiger partial charge in [-0.05, 0) is 48.0 Å². The average Bonchev–Trinajstić information content (AvgIpc) is 2.75. The zero-order valence-corrected chi connectivity index (χ0v) is 19.0. The second-order valence-electron chi connectivity index (χ2n) is 6.12. The Morgan fingerprint density at radius 2 is 1.87 bits per heavy atom. The minimum atomic E-state index is -0.412. The Hall–Kier alpha value is -2.54. The van der Waals surface area contributed by atoms with Crippen LogP contribution >= 0.6 is 39.1 Å². The van der Waals surface area contributed by atoms with Crippen LogP contribution < -0.4 is 14.9 Å². The molecule has 0 heterocycles. The molecule has 0 fully saturated rings. The summed E-state index contributed by atoms with van der Waals surface area (Å²) >= 11 is 15.2. The van der Waals surface area contributed by atoms with E-state index in [9.17, 15) is 4.79 Å². The van der Waals surface area contributed by atoms with Crippen molar-refractivity contribution in [3.8, 4) is 11.5 Å². The molecular formula is C22H17BrCl2N2O3. The first-order valence-electron chi connectivity index (χ1n) is 8.80. The number of methoxy groups -OCH3 is 1. The molecule has 0 saturated carbocycles. The molecule has 1 amide bonds. The third-order valence-electron chi connectivity index (χ3n) is 4.08. The zero-order valence-electron chi connectivity index (χ0n) is 15.9. The van der Waals surface area contributed by atoms with Gasteiger partial charge in [0.1, 0.15) is 6.61 Å². The first-order chi connectivity index (χ1) is 14.5. The van der Waals surface area contributed by atoms with E-state index in [0.717, 1.165) is 10.0 Å². The van der Waals surface area contributed by atoms with E-state index in [0.29, 0.717) is 39.3 Å². The minimum absolute atomic E-state index is 0.296. The van der Waals surface area contributed by atoms with Crippen LogP contribution in [0, 0.1) is 0 Å². The third-order valence-corrected chi connectivity index (χ3v) is 5.34. The quantitative estimate of drug-likeness (QED) is 0.310. The highest BCUT2D eigenvalue weighted by Gasteiger charge is 2.11. The number of amides is 1. The molecule has 5 nitrogen and oxygen atoms in total. The number of hydrogen-bond donors (Lipinski definition) is 1. The summed E-state index contributed by atoms with van der Waals surface area (Å²) in [7, 11) is 1.56. The maximum absolute atomic E-state index is 12.3. The van der Waals surface area contributed by atoms with Gasteiger partial charge in [-0.1, -0.05) is 57.3 Å². The van der Waals surface area contributed by atoms with Crippen LogP contribution in [0.15, 0.2) is 70.2 Å². The minimum Gasteiger partial charge on any atom is -0.493 e. The van der Waals surface area contributed by atoms with Gasteiger partial charge in [0.05, 0.1) is 23.4 Å². The summed E-state index contributed by atoms with van der Waals surface area (Å²) in [6.07, 6.45) is 1.49. The van der Waals surface area contributed by atoms with E-state index in [1.54, 1.807) is 25.3 Å². The van der Waals surface area contributed by atoms with Gasteiger partial charge in [0.25, 0.3) is 5.91 Å². The molecule has 3 rings (SSSR count). The lowest BCUT2D eigenvalue weighted by atomic mass is 10.2. The molecule has 3 aromatic carbocycles. The van der Waals surface area contributed by atoms with Crippen molar-refractivity contribution >= 4 is 51.3 Å². The Balaban J connectivity index is 1.73. The van der Waals surface area contributed by atoms with Crippen LogP contribution in [-0.4, -0.2) is 19.2 Å². The highest BCUT2D eigenvalue weighted by Crippen LogP contribution is 2.31. The maximum Gasteiger partial charge on any atom is 0.271 e. The topological polar surface area (TPSA) is 59.9 Å². The number of hydrazone groups is 1. The number of carbonyl (C=O) groups excluding carboxylic acids is 1. The largest absolute Gasteiger partial charge is 0.493 e. The monoisotopic (exact) mass is 506 g/mol. The normalized spacial score (nSPS) is 10.8. The van der Waals surface area contributed by atoms with E-state index >= 15 is 0 Å². The zero-order chi connectivity index (χ0) is 21.5. The van der Waals surface area contributed by atoms with Crippen molar-refractivity contribution in [2.75, 3.05) is 7.11 Å². The lowest BCUT2D eigenvalue weighted by molar-refractivity contribution is 0.0955. The van der Waals surface area contributed by atoms with Gasteiger partial charge in [-0.2, -0.15) is 5.10 Å². The Morgan fingerprint density at radius 1 is 1.10 bits per heavy atom. The average molecular weight is 508 g/mol. The fourth-order valence-corrected chi connectivity index (χ4v) is 3.11. The van der Waals surface area contributed by atoms with Crippen LogP contribution in [0.25, 0.3) is 0 Å². The van der Waals surface area contributed by atoms with Crippen LogP contribution in [0.5, 0.6) is 11.5 Å². The number of halogens is 3. The van der Waals surface area contributed by atoms with Gasteiger partial charge in [-0.3, -0.25) is 4.79 Å². The van der Waals surface area contributed by atoms with Crippen LogP contribution in [0.1, 0.15) is 21.5 Å². The molecule has 30 heavy (non-hydrogen) atoms. The van der Waals surface area contributed by atoms with Gasteiger partial charge in [0.15, 0.2) is 11.5 Å². The molecule has 1 N–H and O–H groups in total. The van der Waals surface area contributed by atoms with Gasteiger partial charge in [-0.15, -0.1) is 0 Å².